The molecule has 2 saturated carbocycles. The summed E-state index contributed by atoms with van der Waals surface area (Å²) < 4.78 is 6.06. The van der Waals surface area contributed by atoms with Gasteiger partial charge in [-0.25, -0.2) is 0 Å². The number of rotatable bonds is 6. The number of hydrogen-bond donors (Lipinski definition) is 1. The summed E-state index contributed by atoms with van der Waals surface area (Å²) in [4.78, 5) is 0. The smallest absolute Gasteiger partial charge is 0.124 e. The zero-order chi connectivity index (χ0) is 14.8. The number of benzene rings is 1. The zero-order valence-corrected chi connectivity index (χ0v) is 13.6. The quantitative estimate of drug-likeness (QED) is 0.828. The third-order valence-electron chi connectivity index (χ3n) is 5.15. The van der Waals surface area contributed by atoms with Crippen LogP contribution < -0.4 is 10.1 Å². The molecule has 1 N–H and O–H groups in total. The Balaban J connectivity index is 1.84. The van der Waals surface area contributed by atoms with Crippen LogP contribution in [0.25, 0.3) is 0 Å². The van der Waals surface area contributed by atoms with Gasteiger partial charge in [-0.1, -0.05) is 38.0 Å². The van der Waals surface area contributed by atoms with E-state index in [2.05, 4.69) is 50.4 Å². The number of para-hydroxylation sites is 1. The molecule has 0 aromatic heterocycles. The van der Waals surface area contributed by atoms with E-state index in [0.29, 0.717) is 6.04 Å². The third kappa shape index (κ3) is 3.11. The summed E-state index contributed by atoms with van der Waals surface area (Å²) in [6.45, 7) is 7.45. The van der Waals surface area contributed by atoms with Crippen LogP contribution in [0.4, 0.5) is 0 Å². The summed E-state index contributed by atoms with van der Waals surface area (Å²) in [5.74, 6) is 3.80. The number of nitrogens with one attached hydrogen (secondary N) is 1. The van der Waals surface area contributed by atoms with Crippen LogP contribution in [-0.4, -0.2) is 12.6 Å². The molecule has 0 radical (unpaired) electrons. The van der Waals surface area contributed by atoms with Gasteiger partial charge in [-0.15, -0.1) is 0 Å². The highest BCUT2D eigenvalue weighted by atomic mass is 16.5. The highest BCUT2D eigenvalue weighted by molar-refractivity contribution is 5.38. The fraction of sp³-hybridized carbons (Fsp3) is 0.684. The van der Waals surface area contributed by atoms with Gasteiger partial charge in [0.1, 0.15) is 5.75 Å². The van der Waals surface area contributed by atoms with Gasteiger partial charge in [-0.05, 0) is 57.1 Å². The van der Waals surface area contributed by atoms with Crippen LogP contribution >= 0.6 is 0 Å². The lowest BCUT2D eigenvalue weighted by Gasteiger charge is -2.23. The SMILES string of the molecule is CCNC(c1ccccc1OC(C)C)C1C2CCCCC21. The molecule has 2 aliphatic rings. The molecule has 1 aromatic rings. The van der Waals surface area contributed by atoms with Gasteiger partial charge in [-0.3, -0.25) is 0 Å². The lowest BCUT2D eigenvalue weighted by molar-refractivity contribution is 0.236. The van der Waals surface area contributed by atoms with E-state index < -0.39 is 0 Å². The van der Waals surface area contributed by atoms with Crippen molar-refractivity contribution in [2.75, 3.05) is 6.54 Å². The molecule has 2 fully saturated rings. The first-order valence-electron chi connectivity index (χ1n) is 8.71. The molecule has 21 heavy (non-hydrogen) atoms. The molecule has 0 bridgehead atoms. The number of ether oxygens (including phenoxy) is 1. The molecule has 2 nitrogen and oxygen atoms in total. The Morgan fingerprint density at radius 1 is 1.14 bits per heavy atom. The Morgan fingerprint density at radius 3 is 2.43 bits per heavy atom. The minimum absolute atomic E-state index is 0.231. The molecular formula is C19H29NO. The molecule has 2 heteroatoms. The van der Waals surface area contributed by atoms with Crippen LogP contribution in [0.5, 0.6) is 5.75 Å². The fourth-order valence-electron chi connectivity index (χ4n) is 4.31. The van der Waals surface area contributed by atoms with Gasteiger partial charge < -0.3 is 10.1 Å². The molecule has 3 atom stereocenters. The van der Waals surface area contributed by atoms with Crippen LogP contribution in [0.1, 0.15) is 58.1 Å². The van der Waals surface area contributed by atoms with E-state index in [1.54, 1.807) is 0 Å². The van der Waals surface area contributed by atoms with Gasteiger partial charge in [-0.2, -0.15) is 0 Å². The van der Waals surface area contributed by atoms with E-state index in [1.165, 1.54) is 31.2 Å². The average molecular weight is 287 g/mol. The van der Waals surface area contributed by atoms with Crippen molar-refractivity contribution in [2.24, 2.45) is 17.8 Å². The van der Waals surface area contributed by atoms with E-state index in [4.69, 9.17) is 4.74 Å². The molecule has 3 unspecified atom stereocenters. The Labute approximate surface area is 129 Å². The van der Waals surface area contributed by atoms with Gasteiger partial charge in [0.2, 0.25) is 0 Å². The zero-order valence-electron chi connectivity index (χ0n) is 13.6. The maximum Gasteiger partial charge on any atom is 0.124 e. The normalized spacial score (nSPS) is 29.0. The van der Waals surface area contributed by atoms with Gasteiger partial charge in [0.25, 0.3) is 0 Å². The Hall–Kier alpha value is -1.02. The summed E-state index contributed by atoms with van der Waals surface area (Å²) in [5.41, 5.74) is 1.37. The molecule has 0 amide bonds. The number of hydrogen-bond acceptors (Lipinski definition) is 2. The Morgan fingerprint density at radius 2 is 1.81 bits per heavy atom. The van der Waals surface area contributed by atoms with Gasteiger partial charge in [0.05, 0.1) is 6.10 Å². The first-order chi connectivity index (χ1) is 10.2. The standard InChI is InChI=1S/C19H29NO/c1-4-20-19(18-14-9-5-6-10-15(14)18)16-11-7-8-12-17(16)21-13(2)3/h7-8,11-15,18-20H,4-6,9-10H2,1-3H3. The maximum atomic E-state index is 6.06. The molecule has 116 valence electrons. The highest BCUT2D eigenvalue weighted by Crippen LogP contribution is 2.61. The van der Waals surface area contributed by atoms with Crippen LogP contribution in [-0.2, 0) is 0 Å². The molecular weight excluding hydrogens is 258 g/mol. The van der Waals surface area contributed by atoms with Crippen LogP contribution in [0.2, 0.25) is 0 Å². The highest BCUT2D eigenvalue weighted by Gasteiger charge is 2.54. The average Bonchev–Trinajstić information content (AvgIpc) is 3.19. The van der Waals surface area contributed by atoms with E-state index in [9.17, 15) is 0 Å². The lowest BCUT2D eigenvalue weighted by atomic mass is 9.98. The van der Waals surface area contributed by atoms with Gasteiger partial charge >= 0.3 is 0 Å². The van der Waals surface area contributed by atoms with Crippen molar-refractivity contribution in [3.63, 3.8) is 0 Å². The van der Waals surface area contributed by atoms with E-state index in [0.717, 1.165) is 30.0 Å². The van der Waals surface area contributed by atoms with Gasteiger partial charge in [0, 0.05) is 11.6 Å². The summed E-state index contributed by atoms with van der Waals surface area (Å²) in [7, 11) is 0. The Kier molecular flexibility index (Phi) is 4.54. The van der Waals surface area contributed by atoms with Crippen molar-refractivity contribution in [3.05, 3.63) is 29.8 Å². The molecule has 3 rings (SSSR count). The van der Waals surface area contributed by atoms with Crippen LogP contribution in [0, 0.1) is 17.8 Å². The third-order valence-corrected chi connectivity index (χ3v) is 5.15. The summed E-state index contributed by atoms with van der Waals surface area (Å²) in [6.07, 6.45) is 5.96. The summed E-state index contributed by atoms with van der Waals surface area (Å²) in [6, 6.07) is 9.10. The monoisotopic (exact) mass is 287 g/mol. The van der Waals surface area contributed by atoms with Crippen molar-refractivity contribution in [1.29, 1.82) is 0 Å². The Bertz CT molecular complexity index is 458. The van der Waals surface area contributed by atoms with Crippen molar-refractivity contribution < 1.29 is 4.74 Å². The number of fused-ring (bicyclic) bond motifs is 1. The molecule has 0 aliphatic heterocycles. The fourth-order valence-corrected chi connectivity index (χ4v) is 4.31. The summed E-state index contributed by atoms with van der Waals surface area (Å²) in [5, 5.41) is 3.75. The van der Waals surface area contributed by atoms with Crippen molar-refractivity contribution >= 4 is 0 Å². The minimum atomic E-state index is 0.231. The largest absolute Gasteiger partial charge is 0.491 e. The summed E-state index contributed by atoms with van der Waals surface area (Å²) >= 11 is 0. The van der Waals surface area contributed by atoms with Gasteiger partial charge in [0.15, 0.2) is 0 Å². The van der Waals surface area contributed by atoms with E-state index in [-0.39, 0.29) is 6.10 Å². The maximum absolute atomic E-state index is 6.06. The molecule has 0 saturated heterocycles. The van der Waals surface area contributed by atoms with Crippen molar-refractivity contribution in [2.45, 2.75) is 58.6 Å². The predicted octanol–water partition coefficient (Wildman–Crippen LogP) is 4.56. The van der Waals surface area contributed by atoms with E-state index >= 15 is 0 Å². The topological polar surface area (TPSA) is 21.3 Å². The second-order valence-corrected chi connectivity index (χ2v) is 6.93. The predicted molar refractivity (Wildman–Crippen MR) is 87.6 cm³/mol. The van der Waals surface area contributed by atoms with E-state index in [1.807, 2.05) is 0 Å². The molecule has 1 aromatic carbocycles. The van der Waals surface area contributed by atoms with Crippen LogP contribution in [0.3, 0.4) is 0 Å². The first-order valence-corrected chi connectivity index (χ1v) is 8.71. The molecule has 0 heterocycles. The van der Waals surface area contributed by atoms with Crippen molar-refractivity contribution in [1.82, 2.24) is 5.32 Å². The minimum Gasteiger partial charge on any atom is -0.491 e. The second kappa shape index (κ2) is 6.39. The van der Waals surface area contributed by atoms with Crippen molar-refractivity contribution in [3.8, 4) is 5.75 Å². The first kappa shape index (κ1) is 14.9. The lowest BCUT2D eigenvalue weighted by Crippen LogP contribution is -2.25. The molecule has 0 spiro atoms. The van der Waals surface area contributed by atoms with Crippen LogP contribution in [0.15, 0.2) is 24.3 Å². The molecule has 2 aliphatic carbocycles. The second-order valence-electron chi connectivity index (χ2n) is 6.93.